The number of nitrogens with zero attached hydrogens (tertiary/aromatic N) is 3. The molecule has 0 aliphatic carbocycles. The van der Waals surface area contributed by atoms with Gasteiger partial charge in [0.15, 0.2) is 0 Å². The Morgan fingerprint density at radius 2 is 1.85 bits per heavy atom. The fourth-order valence-electron chi connectivity index (χ4n) is 2.87. The molecule has 0 fully saturated rings. The van der Waals surface area contributed by atoms with Gasteiger partial charge in [0.25, 0.3) is 0 Å². The van der Waals surface area contributed by atoms with Gasteiger partial charge in [0.1, 0.15) is 10.6 Å². The SMILES string of the molecule is COc1ccc(C(N)=O)cc1S(=O)(=O)c1ccc(CNC(=NC#N)Nc2ccncc2)cc1. The molecule has 0 radical (unpaired) electrons. The number of amides is 1. The largest absolute Gasteiger partial charge is 0.495 e. The Hall–Kier alpha value is -4.43. The van der Waals surface area contributed by atoms with E-state index in [2.05, 4.69) is 20.6 Å². The second-order valence-electron chi connectivity index (χ2n) is 6.65. The van der Waals surface area contributed by atoms with Crippen LogP contribution in [0.25, 0.3) is 0 Å². The van der Waals surface area contributed by atoms with Crippen molar-refractivity contribution in [3.05, 3.63) is 78.1 Å². The molecule has 0 saturated heterocycles. The van der Waals surface area contributed by atoms with Gasteiger partial charge in [-0.15, -0.1) is 4.99 Å². The monoisotopic (exact) mass is 464 g/mol. The van der Waals surface area contributed by atoms with Crippen LogP contribution in [0.2, 0.25) is 0 Å². The lowest BCUT2D eigenvalue weighted by molar-refractivity contribution is 0.1000. The molecule has 33 heavy (non-hydrogen) atoms. The molecule has 0 unspecified atom stereocenters. The number of nitriles is 1. The second kappa shape index (κ2) is 10.3. The van der Waals surface area contributed by atoms with Crippen molar-refractivity contribution in [2.24, 2.45) is 10.7 Å². The molecule has 10 nitrogen and oxygen atoms in total. The molecular formula is C22H20N6O4S. The Kier molecular flexibility index (Phi) is 7.22. The number of carbonyl (C=O) groups is 1. The lowest BCUT2D eigenvalue weighted by Crippen LogP contribution is -2.30. The van der Waals surface area contributed by atoms with Crippen LogP contribution in [-0.2, 0) is 16.4 Å². The third-order valence-corrected chi connectivity index (χ3v) is 6.33. The molecule has 0 atom stereocenters. The normalized spacial score (nSPS) is 11.3. The smallest absolute Gasteiger partial charge is 0.248 e. The van der Waals surface area contributed by atoms with Crippen LogP contribution in [0.3, 0.4) is 0 Å². The molecule has 1 aromatic heterocycles. The Bertz CT molecular complexity index is 1320. The number of sulfone groups is 1. The van der Waals surface area contributed by atoms with Gasteiger partial charge < -0.3 is 21.1 Å². The van der Waals surface area contributed by atoms with Crippen LogP contribution in [0.5, 0.6) is 5.75 Å². The van der Waals surface area contributed by atoms with Crippen molar-refractivity contribution in [2.75, 3.05) is 12.4 Å². The van der Waals surface area contributed by atoms with E-state index < -0.39 is 15.7 Å². The van der Waals surface area contributed by atoms with Crippen molar-refractivity contribution < 1.29 is 17.9 Å². The summed E-state index contributed by atoms with van der Waals surface area (Å²) in [5.74, 6) is -0.413. The number of ether oxygens (including phenoxy) is 1. The number of rotatable bonds is 7. The highest BCUT2D eigenvalue weighted by molar-refractivity contribution is 7.91. The fraction of sp³-hybridized carbons (Fsp3) is 0.0909. The second-order valence-corrected chi connectivity index (χ2v) is 8.57. The molecule has 0 saturated carbocycles. The minimum atomic E-state index is -3.97. The molecule has 168 valence electrons. The summed E-state index contributed by atoms with van der Waals surface area (Å²) in [6.45, 7) is 0.277. The zero-order valence-corrected chi connectivity index (χ0v) is 18.3. The molecule has 1 heterocycles. The summed E-state index contributed by atoms with van der Waals surface area (Å²) in [7, 11) is -2.63. The maximum atomic E-state index is 13.1. The van der Waals surface area contributed by atoms with Gasteiger partial charge >= 0.3 is 0 Å². The van der Waals surface area contributed by atoms with Crippen molar-refractivity contribution in [3.63, 3.8) is 0 Å². The van der Waals surface area contributed by atoms with Crippen LogP contribution in [0.15, 0.2) is 81.8 Å². The summed E-state index contributed by atoms with van der Waals surface area (Å²) >= 11 is 0. The van der Waals surface area contributed by atoms with Crippen molar-refractivity contribution in [1.82, 2.24) is 10.3 Å². The Morgan fingerprint density at radius 3 is 2.45 bits per heavy atom. The minimum absolute atomic E-state index is 0.0204. The maximum Gasteiger partial charge on any atom is 0.248 e. The number of nitrogens with one attached hydrogen (secondary N) is 2. The number of pyridine rings is 1. The molecule has 2 aromatic carbocycles. The van der Waals surface area contributed by atoms with E-state index in [4.69, 9.17) is 15.7 Å². The number of hydrogen-bond donors (Lipinski definition) is 3. The number of methoxy groups -OCH3 is 1. The van der Waals surface area contributed by atoms with E-state index in [1.54, 1.807) is 42.9 Å². The molecule has 0 aliphatic rings. The number of aromatic nitrogens is 1. The van der Waals surface area contributed by atoms with Crippen LogP contribution >= 0.6 is 0 Å². The third kappa shape index (κ3) is 5.63. The van der Waals surface area contributed by atoms with Crippen LogP contribution in [0.4, 0.5) is 5.69 Å². The third-order valence-electron chi connectivity index (χ3n) is 4.54. The number of guanidine groups is 1. The lowest BCUT2D eigenvalue weighted by atomic mass is 10.2. The fourth-order valence-corrected chi connectivity index (χ4v) is 4.32. The van der Waals surface area contributed by atoms with Crippen LogP contribution in [-0.4, -0.2) is 32.4 Å². The number of anilines is 1. The van der Waals surface area contributed by atoms with E-state index in [0.29, 0.717) is 5.69 Å². The molecular weight excluding hydrogens is 444 g/mol. The predicted octanol–water partition coefficient (Wildman–Crippen LogP) is 2.06. The average molecular weight is 465 g/mol. The number of carbonyl (C=O) groups excluding carboxylic acids is 1. The summed E-state index contributed by atoms with van der Waals surface area (Å²) in [6, 6.07) is 13.6. The van der Waals surface area contributed by atoms with E-state index in [1.165, 1.54) is 37.4 Å². The molecule has 1 amide bonds. The quantitative estimate of drug-likeness (QED) is 0.272. The summed E-state index contributed by atoms with van der Waals surface area (Å²) in [4.78, 5) is 19.0. The number of primary amides is 1. The molecule has 3 aromatic rings. The highest BCUT2D eigenvalue weighted by Gasteiger charge is 2.23. The number of benzene rings is 2. The molecule has 11 heteroatoms. The van der Waals surface area contributed by atoms with Crippen molar-refractivity contribution in [2.45, 2.75) is 16.3 Å². The number of nitrogens with two attached hydrogens (primary N) is 1. The molecule has 0 spiro atoms. The highest BCUT2D eigenvalue weighted by atomic mass is 32.2. The number of aliphatic imine (C=N–C) groups is 1. The summed E-state index contributed by atoms with van der Waals surface area (Å²) < 4.78 is 31.4. The first kappa shape index (κ1) is 23.2. The first-order valence-corrected chi connectivity index (χ1v) is 11.0. The Labute approximate surface area is 190 Å². The standard InChI is InChI=1S/C22H20N6O4S/c1-32-19-7-4-16(21(24)29)12-20(19)33(30,31)18-5-2-15(3-6-18)13-26-22(27-14-23)28-17-8-10-25-11-9-17/h2-12H,13H2,1H3,(H2,24,29)(H2,25,26,27,28). The van der Waals surface area contributed by atoms with E-state index in [9.17, 15) is 13.2 Å². The highest BCUT2D eigenvalue weighted by Crippen LogP contribution is 2.30. The average Bonchev–Trinajstić information content (AvgIpc) is 2.83. The van der Waals surface area contributed by atoms with E-state index >= 15 is 0 Å². The van der Waals surface area contributed by atoms with Crippen LogP contribution < -0.4 is 21.1 Å². The predicted molar refractivity (Wildman–Crippen MR) is 121 cm³/mol. The molecule has 3 rings (SSSR count). The zero-order valence-electron chi connectivity index (χ0n) is 17.5. The van der Waals surface area contributed by atoms with Gasteiger partial charge in [-0.05, 0) is 48.0 Å². The summed E-state index contributed by atoms with van der Waals surface area (Å²) in [5.41, 5.74) is 6.78. The lowest BCUT2D eigenvalue weighted by Gasteiger charge is -2.13. The van der Waals surface area contributed by atoms with Gasteiger partial charge in [-0.25, -0.2) is 8.42 Å². The van der Waals surface area contributed by atoms with Gasteiger partial charge in [0.2, 0.25) is 27.9 Å². The van der Waals surface area contributed by atoms with Crippen molar-refractivity contribution in [3.8, 4) is 11.9 Å². The molecule has 0 bridgehead atoms. The molecule has 4 N–H and O–H groups in total. The van der Waals surface area contributed by atoms with E-state index in [-0.39, 0.29) is 33.6 Å². The summed E-state index contributed by atoms with van der Waals surface area (Å²) in [6.07, 6.45) is 4.91. The molecule has 0 aliphatic heterocycles. The first-order valence-electron chi connectivity index (χ1n) is 9.54. The van der Waals surface area contributed by atoms with Crippen LogP contribution in [0, 0.1) is 11.5 Å². The van der Waals surface area contributed by atoms with Crippen molar-refractivity contribution in [1.29, 1.82) is 5.26 Å². The topological polar surface area (TPSA) is 160 Å². The van der Waals surface area contributed by atoms with Gasteiger partial charge in [-0.1, -0.05) is 12.1 Å². The van der Waals surface area contributed by atoms with Gasteiger partial charge in [0, 0.05) is 30.2 Å². The van der Waals surface area contributed by atoms with Gasteiger partial charge in [-0.2, -0.15) is 5.26 Å². The van der Waals surface area contributed by atoms with Gasteiger partial charge in [-0.3, -0.25) is 9.78 Å². The van der Waals surface area contributed by atoms with Gasteiger partial charge in [0.05, 0.1) is 12.0 Å². The Balaban J connectivity index is 1.78. The first-order chi connectivity index (χ1) is 15.8. The van der Waals surface area contributed by atoms with Crippen molar-refractivity contribution >= 4 is 27.4 Å². The van der Waals surface area contributed by atoms with E-state index in [0.717, 1.165) is 5.56 Å². The minimum Gasteiger partial charge on any atom is -0.495 e. The summed E-state index contributed by atoms with van der Waals surface area (Å²) in [5, 5.41) is 14.9. The Morgan fingerprint density at radius 1 is 1.15 bits per heavy atom. The van der Waals surface area contributed by atoms with E-state index in [1.807, 2.05) is 0 Å². The van der Waals surface area contributed by atoms with Crippen LogP contribution in [0.1, 0.15) is 15.9 Å². The zero-order chi connectivity index (χ0) is 23.8. The number of hydrogen-bond acceptors (Lipinski definition) is 7. The maximum absolute atomic E-state index is 13.1.